The van der Waals surface area contributed by atoms with E-state index in [4.69, 9.17) is 4.74 Å². The highest BCUT2D eigenvalue weighted by molar-refractivity contribution is 5.94. The summed E-state index contributed by atoms with van der Waals surface area (Å²) in [7, 11) is 1.60. The number of carbonyl (C=O) groups is 2. The fraction of sp³-hybridized carbons (Fsp3) is 0.481. The lowest BCUT2D eigenvalue weighted by Gasteiger charge is -2.39. The maximum Gasteiger partial charge on any atom is 0.315 e. The third-order valence-corrected chi connectivity index (χ3v) is 7.38. The Morgan fingerprint density at radius 1 is 1.03 bits per heavy atom. The van der Waals surface area contributed by atoms with Gasteiger partial charge in [0, 0.05) is 24.7 Å². The standard InChI is InChI=1S/C27H36N4O3/c1-26(2,29-25(33)30-27(3)13-16-31-14-11-20(27)12-15-31)21-8-6-10-23(18-21)34-22-9-5-7-19(17-22)24(32)28-4/h5-10,17-18,20H,11-16H2,1-4H3,(H,28,32)(H2,29,30,33). The van der Waals surface area contributed by atoms with E-state index in [0.29, 0.717) is 23.0 Å². The highest BCUT2D eigenvalue weighted by Gasteiger charge is 2.41. The number of nitrogens with zero attached hydrogens (tertiary/aromatic N) is 1. The van der Waals surface area contributed by atoms with Crippen LogP contribution in [0, 0.1) is 5.92 Å². The van der Waals surface area contributed by atoms with Gasteiger partial charge in [0.05, 0.1) is 5.54 Å². The van der Waals surface area contributed by atoms with Crippen LogP contribution in [-0.4, -0.2) is 49.1 Å². The number of hydrogen-bond donors (Lipinski definition) is 3. The van der Waals surface area contributed by atoms with Crippen molar-refractivity contribution in [1.29, 1.82) is 0 Å². The SMILES string of the molecule is CNC(=O)c1cccc(Oc2cccc(C(C)(C)NC(=O)NC3(C)CCN4CCC3CC4)c2)c1. The molecular formula is C27H36N4O3. The summed E-state index contributed by atoms with van der Waals surface area (Å²) in [6.45, 7) is 9.48. The molecule has 3 heterocycles. The third-order valence-electron chi connectivity index (χ3n) is 7.38. The lowest BCUT2D eigenvalue weighted by molar-refractivity contribution is 0.0962. The van der Waals surface area contributed by atoms with Crippen LogP contribution in [0.4, 0.5) is 4.79 Å². The average Bonchev–Trinajstić information content (AvgIpc) is 3.06. The average molecular weight is 465 g/mol. The van der Waals surface area contributed by atoms with E-state index in [9.17, 15) is 9.59 Å². The molecule has 3 fully saturated rings. The number of fused-ring (bicyclic) bond motifs is 4. The van der Waals surface area contributed by atoms with Gasteiger partial charge in [-0.25, -0.2) is 4.79 Å². The Morgan fingerprint density at radius 2 is 1.71 bits per heavy atom. The molecule has 1 atom stereocenters. The summed E-state index contributed by atoms with van der Waals surface area (Å²) in [5, 5.41) is 9.11. The quantitative estimate of drug-likeness (QED) is 0.597. The van der Waals surface area contributed by atoms with E-state index in [2.05, 4.69) is 27.8 Å². The highest BCUT2D eigenvalue weighted by atomic mass is 16.5. The van der Waals surface area contributed by atoms with Crippen LogP contribution in [0.1, 0.15) is 56.0 Å². The van der Waals surface area contributed by atoms with Crippen molar-refractivity contribution in [3.8, 4) is 11.5 Å². The lowest BCUT2D eigenvalue weighted by atomic mass is 9.79. The van der Waals surface area contributed by atoms with Crippen molar-refractivity contribution < 1.29 is 14.3 Å². The molecule has 34 heavy (non-hydrogen) atoms. The first-order chi connectivity index (χ1) is 16.2. The van der Waals surface area contributed by atoms with E-state index >= 15 is 0 Å². The van der Waals surface area contributed by atoms with Gasteiger partial charge >= 0.3 is 6.03 Å². The monoisotopic (exact) mass is 464 g/mol. The Labute approximate surface area is 202 Å². The molecule has 0 aliphatic carbocycles. The predicted octanol–water partition coefficient (Wildman–Crippen LogP) is 4.25. The Morgan fingerprint density at radius 3 is 2.41 bits per heavy atom. The number of carbonyl (C=O) groups excluding carboxylic acids is 2. The van der Waals surface area contributed by atoms with E-state index in [1.54, 1.807) is 25.2 Å². The number of amides is 3. The summed E-state index contributed by atoms with van der Waals surface area (Å²) in [6.07, 6.45) is 3.26. The molecule has 0 aromatic heterocycles. The number of benzene rings is 2. The molecular weight excluding hydrogens is 428 g/mol. The highest BCUT2D eigenvalue weighted by Crippen LogP contribution is 2.35. The molecule has 3 N–H and O–H groups in total. The maximum absolute atomic E-state index is 13.1. The van der Waals surface area contributed by atoms with Crippen LogP contribution in [-0.2, 0) is 5.54 Å². The van der Waals surface area contributed by atoms with Crippen LogP contribution in [0.3, 0.4) is 0 Å². The van der Waals surface area contributed by atoms with E-state index in [1.165, 1.54) is 0 Å². The lowest BCUT2D eigenvalue weighted by Crippen LogP contribution is -2.57. The van der Waals surface area contributed by atoms with Crippen molar-refractivity contribution in [2.24, 2.45) is 5.92 Å². The second kappa shape index (κ2) is 9.66. The Kier molecular flexibility index (Phi) is 6.84. The second-order valence-corrected chi connectivity index (χ2v) is 10.2. The van der Waals surface area contributed by atoms with E-state index < -0.39 is 5.54 Å². The van der Waals surface area contributed by atoms with Gasteiger partial charge in [0.1, 0.15) is 11.5 Å². The number of piperidine rings is 1. The maximum atomic E-state index is 13.1. The van der Waals surface area contributed by atoms with Gasteiger partial charge in [-0.15, -0.1) is 0 Å². The van der Waals surface area contributed by atoms with E-state index in [0.717, 1.165) is 44.5 Å². The summed E-state index contributed by atoms with van der Waals surface area (Å²) in [5.41, 5.74) is 0.676. The van der Waals surface area contributed by atoms with Gasteiger partial charge in [-0.2, -0.15) is 0 Å². The molecule has 5 rings (SSSR count). The Bertz CT molecular complexity index is 1050. The molecule has 3 aliphatic rings. The molecule has 7 heteroatoms. The predicted molar refractivity (Wildman–Crippen MR) is 133 cm³/mol. The molecule has 3 saturated heterocycles. The summed E-state index contributed by atoms with van der Waals surface area (Å²) < 4.78 is 6.03. The minimum absolute atomic E-state index is 0.141. The van der Waals surface area contributed by atoms with Crippen LogP contribution in [0.15, 0.2) is 48.5 Å². The second-order valence-electron chi connectivity index (χ2n) is 10.2. The molecule has 2 bridgehead atoms. The fourth-order valence-electron chi connectivity index (χ4n) is 5.13. The molecule has 2 aromatic carbocycles. The topological polar surface area (TPSA) is 82.7 Å². The number of rotatable bonds is 6. The van der Waals surface area contributed by atoms with Gasteiger partial charge in [0.15, 0.2) is 0 Å². The summed E-state index contributed by atoms with van der Waals surface area (Å²) in [6, 6.07) is 14.6. The first-order valence-electron chi connectivity index (χ1n) is 12.1. The first kappa shape index (κ1) is 24.1. The zero-order chi connectivity index (χ0) is 24.3. The van der Waals surface area contributed by atoms with Gasteiger partial charge in [0.2, 0.25) is 0 Å². The largest absolute Gasteiger partial charge is 0.457 e. The van der Waals surface area contributed by atoms with Crippen molar-refractivity contribution in [1.82, 2.24) is 20.9 Å². The molecule has 3 aliphatic heterocycles. The van der Waals surface area contributed by atoms with Crippen molar-refractivity contribution in [2.75, 3.05) is 26.7 Å². The molecule has 0 saturated carbocycles. The smallest absolute Gasteiger partial charge is 0.315 e. The Balaban J connectivity index is 1.44. The summed E-state index contributed by atoms with van der Waals surface area (Å²) >= 11 is 0. The molecule has 182 valence electrons. The van der Waals surface area contributed by atoms with Crippen LogP contribution in [0.5, 0.6) is 11.5 Å². The van der Waals surface area contributed by atoms with Gasteiger partial charge in [-0.05, 0) is 94.9 Å². The van der Waals surface area contributed by atoms with Gasteiger partial charge in [-0.3, -0.25) is 4.79 Å². The van der Waals surface area contributed by atoms with Crippen molar-refractivity contribution in [2.45, 2.75) is 51.1 Å². The normalized spacial score (nSPS) is 24.1. The number of hydrogen-bond acceptors (Lipinski definition) is 4. The number of nitrogens with one attached hydrogen (secondary N) is 3. The van der Waals surface area contributed by atoms with Crippen LogP contribution in [0.2, 0.25) is 0 Å². The third kappa shape index (κ3) is 5.36. The zero-order valence-corrected chi connectivity index (χ0v) is 20.6. The molecule has 7 nitrogen and oxygen atoms in total. The number of urea groups is 1. The molecule has 3 amide bonds. The first-order valence-corrected chi connectivity index (χ1v) is 12.1. The van der Waals surface area contributed by atoms with Crippen molar-refractivity contribution in [3.05, 3.63) is 59.7 Å². The van der Waals surface area contributed by atoms with Crippen molar-refractivity contribution >= 4 is 11.9 Å². The number of ether oxygens (including phenoxy) is 1. The fourth-order valence-corrected chi connectivity index (χ4v) is 5.13. The molecule has 0 radical (unpaired) electrons. The molecule has 1 unspecified atom stereocenters. The van der Waals surface area contributed by atoms with Crippen LogP contribution in [0.25, 0.3) is 0 Å². The molecule has 0 spiro atoms. The van der Waals surface area contributed by atoms with Gasteiger partial charge < -0.3 is 25.6 Å². The van der Waals surface area contributed by atoms with Crippen LogP contribution >= 0.6 is 0 Å². The van der Waals surface area contributed by atoms with Crippen molar-refractivity contribution in [3.63, 3.8) is 0 Å². The Hall–Kier alpha value is -3.06. The van der Waals surface area contributed by atoms with E-state index in [1.807, 2.05) is 44.2 Å². The zero-order valence-electron chi connectivity index (χ0n) is 20.6. The van der Waals surface area contributed by atoms with Crippen LogP contribution < -0.4 is 20.7 Å². The summed E-state index contributed by atoms with van der Waals surface area (Å²) in [4.78, 5) is 27.5. The van der Waals surface area contributed by atoms with Gasteiger partial charge in [0.25, 0.3) is 5.91 Å². The minimum Gasteiger partial charge on any atom is -0.457 e. The van der Waals surface area contributed by atoms with Gasteiger partial charge in [-0.1, -0.05) is 18.2 Å². The molecule has 2 aromatic rings. The minimum atomic E-state index is -0.601. The van der Waals surface area contributed by atoms with E-state index in [-0.39, 0.29) is 17.5 Å². The summed E-state index contributed by atoms with van der Waals surface area (Å²) in [5.74, 6) is 1.57.